The molecule has 1 amide bonds. The summed E-state index contributed by atoms with van der Waals surface area (Å²) in [5, 5.41) is 10.5. The molecular formula is C23H18F6N6O. The molecule has 2 aromatic carbocycles. The molecule has 0 unspecified atom stereocenters. The van der Waals surface area contributed by atoms with Gasteiger partial charge >= 0.3 is 12.4 Å². The van der Waals surface area contributed by atoms with Crippen LogP contribution >= 0.6 is 0 Å². The van der Waals surface area contributed by atoms with Gasteiger partial charge in [0.2, 0.25) is 11.9 Å². The zero-order valence-corrected chi connectivity index (χ0v) is 18.4. The molecule has 13 heteroatoms. The molecule has 2 aromatic heterocycles. The molecule has 5 rings (SSSR count). The summed E-state index contributed by atoms with van der Waals surface area (Å²) in [6, 6.07) is 7.29. The van der Waals surface area contributed by atoms with E-state index in [1.807, 2.05) is 0 Å². The molecule has 0 bridgehead atoms. The van der Waals surface area contributed by atoms with E-state index in [0.29, 0.717) is 36.0 Å². The first-order chi connectivity index (χ1) is 17.0. The van der Waals surface area contributed by atoms with Gasteiger partial charge in [-0.25, -0.2) is 9.97 Å². The number of nitrogens with zero attached hydrogens (tertiary/aromatic N) is 4. The molecule has 1 aliphatic heterocycles. The Morgan fingerprint density at radius 3 is 2.33 bits per heavy atom. The maximum Gasteiger partial charge on any atom is 0.416 e. The van der Waals surface area contributed by atoms with Gasteiger partial charge in [0.15, 0.2) is 11.5 Å². The Kier molecular flexibility index (Phi) is 5.72. The molecule has 0 aliphatic carbocycles. The lowest BCUT2D eigenvalue weighted by molar-refractivity contribution is -0.143. The minimum absolute atomic E-state index is 0.0495. The fourth-order valence-corrected chi connectivity index (χ4v) is 4.09. The lowest BCUT2D eigenvalue weighted by Gasteiger charge is -2.16. The molecule has 4 aromatic rings. The van der Waals surface area contributed by atoms with E-state index in [2.05, 4.69) is 25.7 Å². The average molecular weight is 508 g/mol. The summed E-state index contributed by atoms with van der Waals surface area (Å²) in [6.07, 6.45) is -7.95. The zero-order valence-electron chi connectivity index (χ0n) is 18.4. The number of amides is 1. The monoisotopic (exact) mass is 508 g/mol. The van der Waals surface area contributed by atoms with Crippen LogP contribution in [-0.2, 0) is 17.1 Å². The molecule has 0 saturated carbocycles. The van der Waals surface area contributed by atoms with Crippen LogP contribution in [0.5, 0.6) is 0 Å². The van der Waals surface area contributed by atoms with E-state index in [1.165, 1.54) is 4.52 Å². The van der Waals surface area contributed by atoms with Crippen molar-refractivity contribution in [3.05, 3.63) is 53.6 Å². The van der Waals surface area contributed by atoms with Crippen LogP contribution in [0, 0.1) is 0 Å². The van der Waals surface area contributed by atoms with Gasteiger partial charge in [-0.2, -0.15) is 30.9 Å². The van der Waals surface area contributed by atoms with Crippen LogP contribution < -0.4 is 10.6 Å². The number of carbonyl (C=O) groups excluding carboxylic acids is 1. The summed E-state index contributed by atoms with van der Waals surface area (Å²) in [6.45, 7) is 0.530. The van der Waals surface area contributed by atoms with E-state index in [4.69, 9.17) is 0 Å². The summed E-state index contributed by atoms with van der Waals surface area (Å²) in [5.74, 6) is -0.505. The smallest absolute Gasteiger partial charge is 0.354 e. The molecule has 36 heavy (non-hydrogen) atoms. The van der Waals surface area contributed by atoms with Crippen LogP contribution in [0.25, 0.3) is 27.9 Å². The van der Waals surface area contributed by atoms with Gasteiger partial charge in [-0.3, -0.25) is 4.79 Å². The number of hydrogen-bond donors (Lipinski definition) is 2. The molecule has 0 spiro atoms. The number of hydrogen-bond acceptors (Lipinski definition) is 5. The molecular weight excluding hydrogens is 490 g/mol. The van der Waals surface area contributed by atoms with Crippen LogP contribution in [0.3, 0.4) is 0 Å². The third-order valence-corrected chi connectivity index (χ3v) is 5.86. The second kappa shape index (κ2) is 8.64. The van der Waals surface area contributed by atoms with Crippen molar-refractivity contribution in [1.29, 1.82) is 0 Å². The second-order valence-corrected chi connectivity index (χ2v) is 8.40. The van der Waals surface area contributed by atoms with Gasteiger partial charge in [-0.05, 0) is 49.6 Å². The number of alkyl halides is 6. The third kappa shape index (κ3) is 4.52. The number of aromatic nitrogens is 4. The Bertz CT molecular complexity index is 1430. The van der Waals surface area contributed by atoms with E-state index in [-0.39, 0.29) is 29.4 Å². The summed E-state index contributed by atoms with van der Waals surface area (Å²) in [7, 11) is 0. The molecule has 1 saturated heterocycles. The van der Waals surface area contributed by atoms with Crippen molar-refractivity contribution in [1.82, 2.24) is 24.9 Å². The average Bonchev–Trinajstić information content (AvgIpc) is 3.18. The summed E-state index contributed by atoms with van der Waals surface area (Å²) < 4.78 is 81.5. The highest BCUT2D eigenvalue weighted by molar-refractivity contribution is 5.93. The van der Waals surface area contributed by atoms with Gasteiger partial charge in [-0.1, -0.05) is 12.1 Å². The van der Waals surface area contributed by atoms with Crippen molar-refractivity contribution >= 4 is 28.4 Å². The highest BCUT2D eigenvalue weighted by atomic mass is 19.4. The lowest BCUT2D eigenvalue weighted by Crippen LogP contribution is -2.38. The number of nitrogens with one attached hydrogen (secondary N) is 2. The number of halogens is 6. The Morgan fingerprint density at radius 2 is 1.64 bits per heavy atom. The van der Waals surface area contributed by atoms with Crippen molar-refractivity contribution in [3.8, 4) is 11.4 Å². The first-order valence-corrected chi connectivity index (χ1v) is 11.0. The van der Waals surface area contributed by atoms with E-state index in [9.17, 15) is 31.1 Å². The van der Waals surface area contributed by atoms with Crippen molar-refractivity contribution in [2.45, 2.75) is 37.7 Å². The SMILES string of the molecule is O=C1NCCCC[C@H]1Nc1nc2ccccc2c2nc(-c3cc(C(F)(F)F)cc(C(F)(F)F)c3)nn12. The first kappa shape index (κ1) is 23.8. The second-order valence-electron chi connectivity index (χ2n) is 8.40. The maximum absolute atomic E-state index is 13.4. The van der Waals surface area contributed by atoms with E-state index in [1.54, 1.807) is 24.3 Å². The normalized spacial score (nSPS) is 17.3. The molecule has 1 atom stereocenters. The van der Waals surface area contributed by atoms with Gasteiger partial charge < -0.3 is 10.6 Å². The highest BCUT2D eigenvalue weighted by Gasteiger charge is 2.37. The van der Waals surface area contributed by atoms with Gasteiger partial charge in [-0.15, -0.1) is 5.10 Å². The Morgan fingerprint density at radius 1 is 0.944 bits per heavy atom. The number of carbonyl (C=O) groups is 1. The number of fused-ring (bicyclic) bond motifs is 3. The van der Waals surface area contributed by atoms with Crippen molar-refractivity contribution < 1.29 is 31.1 Å². The topological polar surface area (TPSA) is 84.2 Å². The third-order valence-electron chi connectivity index (χ3n) is 5.86. The fraction of sp³-hybridized carbons (Fsp3) is 0.304. The number of benzene rings is 2. The van der Waals surface area contributed by atoms with Crippen molar-refractivity contribution in [3.63, 3.8) is 0 Å². The Balaban J connectivity index is 1.69. The van der Waals surface area contributed by atoms with Crippen LogP contribution in [0.2, 0.25) is 0 Å². The Labute approximate surface area is 199 Å². The maximum atomic E-state index is 13.4. The van der Waals surface area contributed by atoms with Gasteiger partial charge in [0.1, 0.15) is 6.04 Å². The number of para-hydroxylation sites is 1. The number of rotatable bonds is 3. The largest absolute Gasteiger partial charge is 0.416 e. The van der Waals surface area contributed by atoms with Gasteiger partial charge in [0, 0.05) is 17.5 Å². The highest BCUT2D eigenvalue weighted by Crippen LogP contribution is 2.38. The van der Waals surface area contributed by atoms with Crippen LogP contribution in [0.1, 0.15) is 30.4 Å². The molecule has 7 nitrogen and oxygen atoms in total. The number of anilines is 1. The predicted octanol–water partition coefficient (Wildman–Crippen LogP) is 5.06. The summed E-state index contributed by atoms with van der Waals surface area (Å²) >= 11 is 0. The van der Waals surface area contributed by atoms with Gasteiger partial charge in [0.25, 0.3) is 0 Å². The Hall–Kier alpha value is -3.90. The fourth-order valence-electron chi connectivity index (χ4n) is 4.09. The minimum atomic E-state index is -5.01. The quantitative estimate of drug-likeness (QED) is 0.378. The predicted molar refractivity (Wildman–Crippen MR) is 118 cm³/mol. The standard InChI is InChI=1S/C23H18F6N6O/c24-22(25,26)13-9-12(10-14(11-13)23(27,28)29)18-33-19-15-5-1-2-6-16(15)31-21(35(19)34-18)32-17-7-3-4-8-30-20(17)36/h1-2,5-6,9-11,17H,3-4,7-8H2,(H,30,36)(H,31,32)/t17-/m1/s1. The van der Waals surface area contributed by atoms with Crippen molar-refractivity contribution in [2.75, 3.05) is 11.9 Å². The minimum Gasteiger partial charge on any atom is -0.354 e. The lowest BCUT2D eigenvalue weighted by atomic mass is 10.0. The molecule has 188 valence electrons. The molecule has 2 N–H and O–H groups in total. The molecule has 3 heterocycles. The first-order valence-electron chi connectivity index (χ1n) is 11.0. The zero-order chi connectivity index (χ0) is 25.7. The molecule has 0 radical (unpaired) electrons. The van der Waals surface area contributed by atoms with E-state index >= 15 is 0 Å². The van der Waals surface area contributed by atoms with Crippen LogP contribution in [0.15, 0.2) is 42.5 Å². The molecule has 1 fully saturated rings. The summed E-state index contributed by atoms with van der Waals surface area (Å²) in [4.78, 5) is 21.2. The summed E-state index contributed by atoms with van der Waals surface area (Å²) in [5.41, 5.74) is -2.77. The van der Waals surface area contributed by atoms with E-state index < -0.39 is 35.1 Å². The van der Waals surface area contributed by atoms with E-state index in [0.717, 1.165) is 12.8 Å². The van der Waals surface area contributed by atoms with Crippen LogP contribution in [0.4, 0.5) is 32.3 Å². The van der Waals surface area contributed by atoms with Crippen LogP contribution in [-0.4, -0.2) is 38.1 Å². The molecule has 1 aliphatic rings. The van der Waals surface area contributed by atoms with Crippen molar-refractivity contribution in [2.24, 2.45) is 0 Å². The van der Waals surface area contributed by atoms with Gasteiger partial charge in [0.05, 0.1) is 16.6 Å².